The summed E-state index contributed by atoms with van der Waals surface area (Å²) in [5.74, 6) is -0.403. The molecular weight excluding hydrogens is 476 g/mol. The van der Waals surface area contributed by atoms with Crippen molar-refractivity contribution in [2.24, 2.45) is 0 Å². The molecule has 0 heterocycles. The van der Waals surface area contributed by atoms with Crippen molar-refractivity contribution < 1.29 is 13.2 Å². The van der Waals surface area contributed by atoms with Crippen LogP contribution in [0.5, 0.6) is 0 Å². The number of rotatable bonds is 7. The van der Waals surface area contributed by atoms with Crippen molar-refractivity contribution in [3.63, 3.8) is 0 Å². The summed E-state index contributed by atoms with van der Waals surface area (Å²) in [5.41, 5.74) is 4.53. The van der Waals surface area contributed by atoms with Gasteiger partial charge >= 0.3 is 0 Å². The fraction of sp³-hybridized carbons (Fsp3) is 0.208. The van der Waals surface area contributed by atoms with E-state index in [4.69, 9.17) is 0 Å². The Kier molecular flexibility index (Phi) is 7.30. The number of aryl methyl sites for hydroxylation is 3. The lowest BCUT2D eigenvalue weighted by molar-refractivity contribution is -0.117. The Bertz CT molecular complexity index is 1150. The molecule has 0 unspecified atom stereocenters. The van der Waals surface area contributed by atoms with Crippen molar-refractivity contribution in [2.45, 2.75) is 38.1 Å². The monoisotopic (exact) mass is 500 g/mol. The summed E-state index contributed by atoms with van der Waals surface area (Å²) in [6, 6.07) is 18.6. The predicted octanol–water partition coefficient (Wildman–Crippen LogP) is 4.90. The summed E-state index contributed by atoms with van der Waals surface area (Å²) in [5, 5.41) is 2.94. The number of amides is 1. The molecule has 0 fully saturated rings. The second kappa shape index (κ2) is 9.77. The molecule has 0 aliphatic heterocycles. The number of hydrogen-bond acceptors (Lipinski definition) is 3. The number of carbonyl (C=O) groups is 1. The van der Waals surface area contributed by atoms with Crippen LogP contribution in [-0.4, -0.2) is 20.4 Å². The van der Waals surface area contributed by atoms with E-state index in [2.05, 4.69) is 26.0 Å². The smallest absolute Gasteiger partial charge is 0.242 e. The van der Waals surface area contributed by atoms with E-state index in [1.54, 1.807) is 12.1 Å². The van der Waals surface area contributed by atoms with Crippen molar-refractivity contribution in [2.75, 3.05) is 5.32 Å². The fourth-order valence-corrected chi connectivity index (χ4v) is 4.95. The van der Waals surface area contributed by atoms with E-state index in [-0.39, 0.29) is 11.3 Å². The molecule has 0 aliphatic carbocycles. The van der Waals surface area contributed by atoms with Crippen LogP contribution in [0.4, 0.5) is 5.69 Å². The molecule has 162 valence electrons. The maximum absolute atomic E-state index is 13.2. The van der Waals surface area contributed by atoms with Gasteiger partial charge in [0.2, 0.25) is 15.9 Å². The molecule has 3 rings (SSSR count). The molecule has 31 heavy (non-hydrogen) atoms. The van der Waals surface area contributed by atoms with Gasteiger partial charge in [-0.3, -0.25) is 4.79 Å². The van der Waals surface area contributed by atoms with Crippen molar-refractivity contribution in [3.8, 4) is 0 Å². The van der Waals surface area contributed by atoms with Gasteiger partial charge in [0.05, 0.1) is 4.90 Å². The summed E-state index contributed by atoms with van der Waals surface area (Å²) in [4.78, 5) is 13.3. The summed E-state index contributed by atoms with van der Waals surface area (Å²) >= 11 is 3.31. The maximum Gasteiger partial charge on any atom is 0.242 e. The van der Waals surface area contributed by atoms with Gasteiger partial charge < -0.3 is 5.32 Å². The lowest BCUT2D eigenvalue weighted by Gasteiger charge is -2.21. The van der Waals surface area contributed by atoms with Crippen molar-refractivity contribution in [3.05, 3.63) is 93.5 Å². The SMILES string of the molecule is Cc1cc(C)c(NC(=O)[C@H](Cc2ccccc2)NS(=O)(=O)c2ccc(Br)cc2)c(C)c1. The summed E-state index contributed by atoms with van der Waals surface area (Å²) in [6.45, 7) is 5.85. The lowest BCUT2D eigenvalue weighted by Crippen LogP contribution is -2.45. The largest absolute Gasteiger partial charge is 0.324 e. The molecule has 0 radical (unpaired) electrons. The van der Waals surface area contributed by atoms with E-state index in [9.17, 15) is 13.2 Å². The number of halogens is 1. The van der Waals surface area contributed by atoms with Gasteiger partial charge in [0, 0.05) is 10.2 Å². The highest BCUT2D eigenvalue weighted by molar-refractivity contribution is 9.10. The average molecular weight is 501 g/mol. The Labute approximate surface area is 192 Å². The topological polar surface area (TPSA) is 75.3 Å². The van der Waals surface area contributed by atoms with Gasteiger partial charge in [0.15, 0.2) is 0 Å². The number of anilines is 1. The molecule has 0 aromatic heterocycles. The van der Waals surface area contributed by atoms with E-state index >= 15 is 0 Å². The van der Waals surface area contributed by atoms with E-state index in [1.165, 1.54) is 12.1 Å². The molecule has 5 nitrogen and oxygen atoms in total. The first-order valence-corrected chi connectivity index (χ1v) is 12.1. The van der Waals surface area contributed by atoms with Crippen molar-refractivity contribution in [1.82, 2.24) is 4.72 Å². The number of benzene rings is 3. The van der Waals surface area contributed by atoms with Crippen molar-refractivity contribution >= 4 is 37.5 Å². The molecule has 1 atom stereocenters. The maximum atomic E-state index is 13.2. The Morgan fingerprint density at radius 3 is 2.10 bits per heavy atom. The Hall–Kier alpha value is -2.48. The van der Waals surface area contributed by atoms with Gasteiger partial charge in [-0.1, -0.05) is 64.0 Å². The van der Waals surface area contributed by atoms with Crippen LogP contribution in [-0.2, 0) is 21.2 Å². The first-order valence-electron chi connectivity index (χ1n) is 9.86. The molecule has 0 saturated carbocycles. The molecule has 0 saturated heterocycles. The van der Waals surface area contributed by atoms with Crippen LogP contribution in [0.2, 0.25) is 0 Å². The molecule has 0 bridgehead atoms. The van der Waals surface area contributed by atoms with Gasteiger partial charge in [-0.05, 0) is 68.1 Å². The minimum atomic E-state index is -3.89. The quantitative estimate of drug-likeness (QED) is 0.484. The number of sulfonamides is 1. The van der Waals surface area contributed by atoms with E-state index in [0.29, 0.717) is 5.69 Å². The highest BCUT2D eigenvalue weighted by atomic mass is 79.9. The second-order valence-corrected chi connectivity index (χ2v) is 10.2. The third kappa shape index (κ3) is 6.03. The normalized spacial score (nSPS) is 12.4. The van der Waals surface area contributed by atoms with Gasteiger partial charge in [-0.2, -0.15) is 4.72 Å². The zero-order valence-corrected chi connectivity index (χ0v) is 20.0. The molecule has 2 N–H and O–H groups in total. The molecule has 3 aromatic rings. The third-order valence-corrected chi connectivity index (χ3v) is 6.96. The Balaban J connectivity index is 1.91. The first kappa shape index (κ1) is 23.2. The summed E-state index contributed by atoms with van der Waals surface area (Å²) < 4.78 is 29.3. The number of nitrogens with one attached hydrogen (secondary N) is 2. The Morgan fingerprint density at radius 2 is 1.52 bits per heavy atom. The third-order valence-electron chi connectivity index (χ3n) is 4.95. The molecule has 0 spiro atoms. The highest BCUT2D eigenvalue weighted by Gasteiger charge is 2.27. The van der Waals surface area contributed by atoms with E-state index in [0.717, 1.165) is 26.7 Å². The van der Waals surface area contributed by atoms with Crippen LogP contribution in [0.1, 0.15) is 22.3 Å². The minimum Gasteiger partial charge on any atom is -0.324 e. The minimum absolute atomic E-state index is 0.101. The van der Waals surface area contributed by atoms with Crippen LogP contribution in [0.3, 0.4) is 0 Å². The molecular formula is C24H25BrN2O3S. The van der Waals surface area contributed by atoms with E-state index in [1.807, 2.05) is 63.2 Å². The predicted molar refractivity (Wildman–Crippen MR) is 128 cm³/mol. The zero-order chi connectivity index (χ0) is 22.6. The van der Waals surface area contributed by atoms with Crippen LogP contribution in [0.25, 0.3) is 0 Å². The fourth-order valence-electron chi connectivity index (χ4n) is 3.49. The average Bonchev–Trinajstić information content (AvgIpc) is 2.71. The zero-order valence-electron chi connectivity index (χ0n) is 17.6. The lowest BCUT2D eigenvalue weighted by atomic mass is 10.0. The molecule has 1 amide bonds. The van der Waals surface area contributed by atoms with Crippen LogP contribution in [0, 0.1) is 20.8 Å². The second-order valence-electron chi connectivity index (χ2n) is 7.58. The molecule has 7 heteroatoms. The van der Waals surface area contributed by atoms with Gasteiger partial charge in [-0.15, -0.1) is 0 Å². The Morgan fingerprint density at radius 1 is 0.935 bits per heavy atom. The number of carbonyl (C=O) groups excluding carboxylic acids is 1. The summed E-state index contributed by atoms with van der Waals surface area (Å²) in [6.07, 6.45) is 0.229. The first-order chi connectivity index (χ1) is 14.7. The van der Waals surface area contributed by atoms with Crippen molar-refractivity contribution in [1.29, 1.82) is 0 Å². The van der Waals surface area contributed by atoms with Gasteiger partial charge in [0.25, 0.3) is 0 Å². The number of hydrogen-bond donors (Lipinski definition) is 2. The van der Waals surface area contributed by atoms with Gasteiger partial charge in [0.1, 0.15) is 6.04 Å². The highest BCUT2D eigenvalue weighted by Crippen LogP contribution is 2.23. The van der Waals surface area contributed by atoms with Gasteiger partial charge in [-0.25, -0.2) is 8.42 Å². The van der Waals surface area contributed by atoms with Crippen LogP contribution in [0.15, 0.2) is 76.1 Å². The van der Waals surface area contributed by atoms with Crippen LogP contribution < -0.4 is 10.0 Å². The van der Waals surface area contributed by atoms with Crippen LogP contribution >= 0.6 is 15.9 Å². The molecule has 0 aliphatic rings. The van der Waals surface area contributed by atoms with E-state index < -0.39 is 22.0 Å². The standard InChI is InChI=1S/C24H25BrN2O3S/c1-16-13-17(2)23(18(3)14-16)26-24(28)22(15-19-7-5-4-6-8-19)27-31(29,30)21-11-9-20(25)10-12-21/h4-14,22,27H,15H2,1-3H3,(H,26,28)/t22-/m0/s1. The summed E-state index contributed by atoms with van der Waals surface area (Å²) in [7, 11) is -3.89. The molecule has 3 aromatic carbocycles.